The van der Waals surface area contributed by atoms with Gasteiger partial charge in [-0.1, -0.05) is 6.92 Å². The minimum atomic E-state index is -1.03. The van der Waals surface area contributed by atoms with Gasteiger partial charge in [0.1, 0.15) is 10.6 Å². The van der Waals surface area contributed by atoms with Crippen molar-refractivity contribution < 1.29 is 19.4 Å². The van der Waals surface area contributed by atoms with Crippen molar-refractivity contribution >= 4 is 28.9 Å². The number of amides is 1. The maximum Gasteiger partial charge on any atom is 0.345 e. The lowest BCUT2D eigenvalue weighted by Crippen LogP contribution is -2.11. The Bertz CT molecular complexity index is 693. The van der Waals surface area contributed by atoms with Gasteiger partial charge in [-0.05, 0) is 49.2 Å². The van der Waals surface area contributed by atoms with E-state index < -0.39 is 5.97 Å². The van der Waals surface area contributed by atoms with Gasteiger partial charge < -0.3 is 15.2 Å². The molecule has 5 nitrogen and oxygen atoms in total. The first-order valence-corrected chi connectivity index (χ1v) is 7.71. The van der Waals surface area contributed by atoms with Gasteiger partial charge in [-0.15, -0.1) is 11.3 Å². The molecule has 2 rings (SSSR count). The highest BCUT2D eigenvalue weighted by Crippen LogP contribution is 2.23. The number of carbonyl (C=O) groups is 2. The lowest BCUT2D eigenvalue weighted by Gasteiger charge is -2.10. The summed E-state index contributed by atoms with van der Waals surface area (Å²) in [6.45, 7) is 4.57. The first-order valence-electron chi connectivity index (χ1n) is 6.89. The zero-order valence-electron chi connectivity index (χ0n) is 12.4. The fraction of sp³-hybridized carbons (Fsp3) is 0.250. The van der Waals surface area contributed by atoms with E-state index in [9.17, 15) is 9.59 Å². The second kappa shape index (κ2) is 7.09. The summed E-state index contributed by atoms with van der Waals surface area (Å²) in [7, 11) is 0. The van der Waals surface area contributed by atoms with Crippen molar-refractivity contribution in [1.82, 2.24) is 0 Å². The average Bonchev–Trinajstić information content (AvgIpc) is 2.97. The van der Waals surface area contributed by atoms with E-state index in [4.69, 9.17) is 9.84 Å². The standard InChI is InChI=1S/C16H17NO4S/c1-3-8-21-11-4-5-12(10(2)9-11)17-15(18)13-6-7-14(22-13)16(19)20/h4-7,9H,3,8H2,1-2H3,(H,17,18)(H,19,20). The zero-order chi connectivity index (χ0) is 16.1. The van der Waals surface area contributed by atoms with Gasteiger partial charge in [0.25, 0.3) is 5.91 Å². The van der Waals surface area contributed by atoms with Crippen LogP contribution in [0.1, 0.15) is 38.3 Å². The van der Waals surface area contributed by atoms with Crippen LogP contribution in [-0.4, -0.2) is 23.6 Å². The number of aromatic carboxylic acids is 1. The molecule has 1 aromatic heterocycles. The molecule has 22 heavy (non-hydrogen) atoms. The maximum absolute atomic E-state index is 12.1. The van der Waals surface area contributed by atoms with Crippen molar-refractivity contribution in [3.8, 4) is 5.75 Å². The van der Waals surface area contributed by atoms with Crippen LogP contribution in [0.15, 0.2) is 30.3 Å². The van der Waals surface area contributed by atoms with Crippen LogP contribution < -0.4 is 10.1 Å². The second-order valence-corrected chi connectivity index (χ2v) is 5.83. The molecule has 6 heteroatoms. The van der Waals surface area contributed by atoms with Gasteiger partial charge in [0, 0.05) is 5.69 Å². The average molecular weight is 319 g/mol. The van der Waals surface area contributed by atoms with Crippen LogP contribution in [-0.2, 0) is 0 Å². The fourth-order valence-corrected chi connectivity index (χ4v) is 2.59. The number of hydrogen-bond donors (Lipinski definition) is 2. The lowest BCUT2D eigenvalue weighted by atomic mass is 10.2. The Hall–Kier alpha value is -2.34. The van der Waals surface area contributed by atoms with Crippen molar-refractivity contribution in [2.45, 2.75) is 20.3 Å². The molecule has 0 aliphatic carbocycles. The van der Waals surface area contributed by atoms with Gasteiger partial charge in [0.2, 0.25) is 0 Å². The first kappa shape index (κ1) is 16.0. The summed E-state index contributed by atoms with van der Waals surface area (Å²) >= 11 is 0.952. The van der Waals surface area contributed by atoms with E-state index in [1.54, 1.807) is 12.1 Å². The van der Waals surface area contributed by atoms with Gasteiger partial charge in [0.05, 0.1) is 11.5 Å². The summed E-state index contributed by atoms with van der Waals surface area (Å²) < 4.78 is 5.53. The van der Waals surface area contributed by atoms with Crippen LogP contribution in [0.5, 0.6) is 5.75 Å². The van der Waals surface area contributed by atoms with E-state index >= 15 is 0 Å². The molecule has 0 unspecified atom stereocenters. The monoisotopic (exact) mass is 319 g/mol. The predicted octanol–water partition coefficient (Wildman–Crippen LogP) is 3.80. The van der Waals surface area contributed by atoms with E-state index in [2.05, 4.69) is 5.32 Å². The number of carboxylic acids is 1. The summed E-state index contributed by atoms with van der Waals surface area (Å²) in [5.74, 6) is -0.581. The summed E-state index contributed by atoms with van der Waals surface area (Å²) in [5, 5.41) is 11.7. The second-order valence-electron chi connectivity index (χ2n) is 4.75. The van der Waals surface area contributed by atoms with Crippen molar-refractivity contribution in [3.63, 3.8) is 0 Å². The van der Waals surface area contributed by atoms with Crippen LogP contribution in [0.3, 0.4) is 0 Å². The number of nitrogens with one attached hydrogen (secondary N) is 1. The Morgan fingerprint density at radius 3 is 2.55 bits per heavy atom. The molecule has 1 aromatic carbocycles. The smallest absolute Gasteiger partial charge is 0.345 e. The molecule has 2 N–H and O–H groups in total. The normalized spacial score (nSPS) is 10.3. The molecular formula is C16H17NO4S. The van der Waals surface area contributed by atoms with Gasteiger partial charge in [-0.25, -0.2) is 4.79 Å². The number of ether oxygens (including phenoxy) is 1. The number of carboxylic acid groups (broad SMARTS) is 1. The quantitative estimate of drug-likeness (QED) is 0.849. The third kappa shape index (κ3) is 3.85. The maximum atomic E-state index is 12.1. The van der Waals surface area contributed by atoms with Crippen LogP contribution in [0.25, 0.3) is 0 Å². The van der Waals surface area contributed by atoms with E-state index in [1.807, 2.05) is 19.9 Å². The van der Waals surface area contributed by atoms with Gasteiger partial charge in [-0.2, -0.15) is 0 Å². The lowest BCUT2D eigenvalue weighted by molar-refractivity contribution is 0.0702. The van der Waals surface area contributed by atoms with Crippen LogP contribution in [0.4, 0.5) is 5.69 Å². The van der Waals surface area contributed by atoms with E-state index in [0.29, 0.717) is 17.2 Å². The zero-order valence-corrected chi connectivity index (χ0v) is 13.2. The fourth-order valence-electron chi connectivity index (χ4n) is 1.84. The Labute approximate surface area is 132 Å². The van der Waals surface area contributed by atoms with Gasteiger partial charge >= 0.3 is 5.97 Å². The summed E-state index contributed by atoms with van der Waals surface area (Å²) in [4.78, 5) is 23.5. The van der Waals surface area contributed by atoms with Crippen LogP contribution in [0.2, 0.25) is 0 Å². The number of benzene rings is 1. The SMILES string of the molecule is CCCOc1ccc(NC(=O)c2ccc(C(=O)O)s2)c(C)c1. The molecule has 0 spiro atoms. The van der Waals surface area contributed by atoms with E-state index in [1.165, 1.54) is 12.1 Å². The minimum absolute atomic E-state index is 0.144. The third-order valence-electron chi connectivity index (χ3n) is 2.96. The number of carbonyl (C=O) groups excluding carboxylic acids is 1. The van der Waals surface area contributed by atoms with Crippen molar-refractivity contribution in [2.24, 2.45) is 0 Å². The molecule has 0 bridgehead atoms. The molecule has 0 aliphatic rings. The Morgan fingerprint density at radius 2 is 1.95 bits per heavy atom. The first-order chi connectivity index (χ1) is 10.5. The summed E-state index contributed by atoms with van der Waals surface area (Å²) in [5.41, 5.74) is 1.57. The third-order valence-corrected chi connectivity index (χ3v) is 4.03. The Balaban J connectivity index is 2.09. The predicted molar refractivity (Wildman–Crippen MR) is 86.2 cm³/mol. The molecule has 1 heterocycles. The Kier molecular flexibility index (Phi) is 5.16. The summed E-state index contributed by atoms with van der Waals surface area (Å²) in [6.07, 6.45) is 0.932. The Morgan fingerprint density at radius 1 is 1.23 bits per heavy atom. The van der Waals surface area contributed by atoms with E-state index in [-0.39, 0.29) is 10.8 Å². The molecular weight excluding hydrogens is 302 g/mol. The summed E-state index contributed by atoms with van der Waals surface area (Å²) in [6, 6.07) is 8.38. The number of aryl methyl sites for hydroxylation is 1. The van der Waals surface area contributed by atoms with Gasteiger partial charge in [0.15, 0.2) is 0 Å². The minimum Gasteiger partial charge on any atom is -0.494 e. The molecule has 0 aliphatic heterocycles. The number of thiophene rings is 1. The van der Waals surface area contributed by atoms with Crippen molar-refractivity contribution in [3.05, 3.63) is 45.6 Å². The van der Waals surface area contributed by atoms with Gasteiger partial charge in [-0.3, -0.25) is 4.79 Å². The topological polar surface area (TPSA) is 75.6 Å². The number of rotatable bonds is 6. The highest BCUT2D eigenvalue weighted by atomic mass is 32.1. The highest BCUT2D eigenvalue weighted by Gasteiger charge is 2.14. The molecule has 0 fully saturated rings. The number of hydrogen-bond acceptors (Lipinski definition) is 4. The highest BCUT2D eigenvalue weighted by molar-refractivity contribution is 7.15. The molecule has 2 aromatic rings. The molecule has 0 atom stereocenters. The van der Waals surface area contributed by atoms with Crippen molar-refractivity contribution in [2.75, 3.05) is 11.9 Å². The molecule has 116 valence electrons. The van der Waals surface area contributed by atoms with Crippen LogP contribution in [0, 0.1) is 6.92 Å². The molecule has 0 saturated heterocycles. The van der Waals surface area contributed by atoms with Crippen LogP contribution >= 0.6 is 11.3 Å². The molecule has 1 amide bonds. The number of anilines is 1. The van der Waals surface area contributed by atoms with Crippen molar-refractivity contribution in [1.29, 1.82) is 0 Å². The van der Waals surface area contributed by atoms with E-state index in [0.717, 1.165) is 29.1 Å². The molecule has 0 saturated carbocycles. The largest absolute Gasteiger partial charge is 0.494 e. The molecule has 0 radical (unpaired) electrons.